The Hall–Kier alpha value is -2.02. The van der Waals surface area contributed by atoms with E-state index in [1.165, 1.54) is 6.92 Å². The van der Waals surface area contributed by atoms with Gasteiger partial charge in [-0.2, -0.15) is 0 Å². The fourth-order valence-electron chi connectivity index (χ4n) is 2.62. The highest BCUT2D eigenvalue weighted by molar-refractivity contribution is 5.75. The molecule has 0 aromatic carbocycles. The number of carbonyl (C=O) groups is 2. The van der Waals surface area contributed by atoms with Crippen LogP contribution in [0.1, 0.15) is 31.9 Å². The number of carbonyl (C=O) groups excluding carboxylic acids is 2. The second-order valence-corrected chi connectivity index (χ2v) is 5.70. The van der Waals surface area contributed by atoms with Crippen LogP contribution in [-0.2, 0) is 16.1 Å². The molecule has 0 spiro atoms. The lowest BCUT2D eigenvalue weighted by Crippen LogP contribution is -2.52. The predicted octanol–water partition coefficient (Wildman–Crippen LogP) is 1.50. The molecule has 1 aliphatic heterocycles. The van der Waals surface area contributed by atoms with E-state index in [0.29, 0.717) is 26.3 Å². The highest BCUT2D eigenvalue weighted by atomic mass is 16.5. The van der Waals surface area contributed by atoms with Gasteiger partial charge in [-0.3, -0.25) is 4.79 Å². The first kappa shape index (κ1) is 17.3. The highest BCUT2D eigenvalue weighted by Crippen LogP contribution is 2.10. The summed E-state index contributed by atoms with van der Waals surface area (Å²) in [5.41, 5.74) is 0. The van der Waals surface area contributed by atoms with Crippen LogP contribution in [0.5, 0.6) is 0 Å². The van der Waals surface area contributed by atoms with Crippen LogP contribution < -0.4 is 10.6 Å². The Labute approximate surface area is 136 Å². The van der Waals surface area contributed by atoms with Gasteiger partial charge in [-0.15, -0.1) is 0 Å². The number of rotatable bonds is 7. The van der Waals surface area contributed by atoms with Crippen LogP contribution in [0.25, 0.3) is 0 Å². The van der Waals surface area contributed by atoms with E-state index in [4.69, 9.17) is 9.15 Å². The van der Waals surface area contributed by atoms with Crippen molar-refractivity contribution in [3.63, 3.8) is 0 Å². The van der Waals surface area contributed by atoms with Crippen LogP contribution in [0.3, 0.4) is 0 Å². The van der Waals surface area contributed by atoms with Gasteiger partial charge in [0.25, 0.3) is 0 Å². The molecule has 2 heterocycles. The first-order valence-corrected chi connectivity index (χ1v) is 8.05. The van der Waals surface area contributed by atoms with Gasteiger partial charge < -0.3 is 24.7 Å². The van der Waals surface area contributed by atoms with Crippen molar-refractivity contribution in [2.24, 2.45) is 0 Å². The average Bonchev–Trinajstić information content (AvgIpc) is 3.03. The van der Waals surface area contributed by atoms with Gasteiger partial charge in [0.05, 0.1) is 6.26 Å². The molecule has 7 heteroatoms. The highest BCUT2D eigenvalue weighted by Gasteiger charge is 2.23. The molecule has 23 heavy (non-hydrogen) atoms. The number of likely N-dealkylation sites (tertiary alicyclic amines) is 1. The summed E-state index contributed by atoms with van der Waals surface area (Å²) in [7, 11) is 0. The molecule has 1 fully saturated rings. The lowest BCUT2D eigenvalue weighted by molar-refractivity contribution is -0.119. The first-order chi connectivity index (χ1) is 11.1. The summed E-state index contributed by atoms with van der Waals surface area (Å²) in [6, 6.07) is 3.67. The minimum atomic E-state index is -0.0777. The molecule has 2 N–H and O–H groups in total. The van der Waals surface area contributed by atoms with E-state index in [1.807, 2.05) is 12.1 Å². The number of nitrogens with zero attached hydrogens (tertiary/aromatic N) is 1. The third-order valence-electron chi connectivity index (χ3n) is 3.68. The number of hydrogen-bond donors (Lipinski definition) is 2. The van der Waals surface area contributed by atoms with Crippen LogP contribution in [0.15, 0.2) is 22.8 Å². The summed E-state index contributed by atoms with van der Waals surface area (Å²) < 4.78 is 10.6. The molecule has 128 valence electrons. The van der Waals surface area contributed by atoms with Crippen molar-refractivity contribution < 1.29 is 18.7 Å². The zero-order valence-electron chi connectivity index (χ0n) is 13.5. The van der Waals surface area contributed by atoms with Gasteiger partial charge >= 0.3 is 6.03 Å². The molecule has 2 rings (SSSR count). The van der Waals surface area contributed by atoms with Crippen molar-refractivity contribution in [3.05, 3.63) is 24.2 Å². The number of ether oxygens (including phenoxy) is 1. The molecule has 1 saturated heterocycles. The summed E-state index contributed by atoms with van der Waals surface area (Å²) in [5, 5.41) is 5.77. The number of piperidine rings is 1. The third-order valence-corrected chi connectivity index (χ3v) is 3.68. The largest absolute Gasteiger partial charge is 0.467 e. The summed E-state index contributed by atoms with van der Waals surface area (Å²) >= 11 is 0. The molecule has 1 atom stereocenters. The molecule has 0 saturated carbocycles. The van der Waals surface area contributed by atoms with Gasteiger partial charge in [-0.1, -0.05) is 0 Å². The number of furan rings is 1. The van der Waals surface area contributed by atoms with Crippen LogP contribution in [0.2, 0.25) is 0 Å². The maximum Gasteiger partial charge on any atom is 0.317 e. The Morgan fingerprint density at radius 3 is 3.09 bits per heavy atom. The average molecular weight is 323 g/mol. The molecular formula is C16H25N3O4. The van der Waals surface area contributed by atoms with Gasteiger partial charge in [0.1, 0.15) is 12.4 Å². The standard InChI is InChI=1S/C16H25N3O4/c1-13(20)18-14-5-2-8-19(11-14)16(21)17-7-4-9-22-12-15-6-3-10-23-15/h3,6,10,14H,2,4-5,7-9,11-12H2,1H3,(H,17,21)(H,18,20)/t14-/m0/s1. The fourth-order valence-corrected chi connectivity index (χ4v) is 2.62. The van der Waals surface area contributed by atoms with Crippen molar-refractivity contribution in [3.8, 4) is 0 Å². The summed E-state index contributed by atoms with van der Waals surface area (Å²) in [6.45, 7) is 4.39. The molecule has 1 aromatic rings. The van der Waals surface area contributed by atoms with E-state index in [2.05, 4.69) is 10.6 Å². The maximum atomic E-state index is 12.1. The Balaban J connectivity index is 1.56. The smallest absolute Gasteiger partial charge is 0.317 e. The van der Waals surface area contributed by atoms with Crippen molar-refractivity contribution in [2.75, 3.05) is 26.2 Å². The van der Waals surface area contributed by atoms with Gasteiger partial charge in [-0.25, -0.2) is 4.79 Å². The Bertz CT molecular complexity index is 490. The number of amides is 3. The molecule has 7 nitrogen and oxygen atoms in total. The summed E-state index contributed by atoms with van der Waals surface area (Å²) in [6.07, 6.45) is 4.19. The summed E-state index contributed by atoms with van der Waals surface area (Å²) in [5.74, 6) is 0.748. The molecular weight excluding hydrogens is 298 g/mol. The van der Waals surface area contributed by atoms with Crippen LogP contribution in [-0.4, -0.2) is 49.1 Å². The van der Waals surface area contributed by atoms with Gasteiger partial charge in [0.15, 0.2) is 0 Å². The van der Waals surface area contributed by atoms with E-state index in [1.54, 1.807) is 11.2 Å². The SMILES string of the molecule is CC(=O)N[C@H]1CCCN(C(=O)NCCCOCc2ccco2)C1. The van der Waals surface area contributed by atoms with E-state index >= 15 is 0 Å². The Kier molecular flexibility index (Phi) is 6.93. The topological polar surface area (TPSA) is 83.8 Å². The minimum Gasteiger partial charge on any atom is -0.467 e. The lowest BCUT2D eigenvalue weighted by atomic mass is 10.1. The number of nitrogens with one attached hydrogen (secondary N) is 2. The van der Waals surface area contributed by atoms with Crippen LogP contribution >= 0.6 is 0 Å². The van der Waals surface area contributed by atoms with Gasteiger partial charge in [-0.05, 0) is 31.4 Å². The molecule has 1 aliphatic rings. The van der Waals surface area contributed by atoms with Crippen molar-refractivity contribution in [1.29, 1.82) is 0 Å². The molecule has 0 unspecified atom stereocenters. The second kappa shape index (κ2) is 9.19. The zero-order valence-corrected chi connectivity index (χ0v) is 13.5. The van der Waals surface area contributed by atoms with Crippen molar-refractivity contribution in [1.82, 2.24) is 15.5 Å². The predicted molar refractivity (Wildman–Crippen MR) is 84.8 cm³/mol. The first-order valence-electron chi connectivity index (χ1n) is 8.05. The Morgan fingerprint density at radius 1 is 1.48 bits per heavy atom. The molecule has 3 amide bonds. The molecule has 0 bridgehead atoms. The fraction of sp³-hybridized carbons (Fsp3) is 0.625. The molecule has 0 aliphatic carbocycles. The van der Waals surface area contributed by atoms with Crippen LogP contribution in [0, 0.1) is 0 Å². The molecule has 1 aromatic heterocycles. The third kappa shape index (κ3) is 6.32. The van der Waals surface area contributed by atoms with E-state index in [0.717, 1.165) is 31.6 Å². The molecule has 0 radical (unpaired) electrons. The quantitative estimate of drug-likeness (QED) is 0.745. The normalized spacial score (nSPS) is 17.8. The van der Waals surface area contributed by atoms with E-state index in [9.17, 15) is 9.59 Å². The van der Waals surface area contributed by atoms with Gasteiger partial charge in [0, 0.05) is 39.2 Å². The van der Waals surface area contributed by atoms with Gasteiger partial charge in [0.2, 0.25) is 5.91 Å². The van der Waals surface area contributed by atoms with Crippen LogP contribution in [0.4, 0.5) is 4.79 Å². The lowest BCUT2D eigenvalue weighted by Gasteiger charge is -2.33. The minimum absolute atomic E-state index is 0.0500. The van der Waals surface area contributed by atoms with Crippen molar-refractivity contribution >= 4 is 11.9 Å². The second-order valence-electron chi connectivity index (χ2n) is 5.70. The maximum absolute atomic E-state index is 12.1. The van der Waals surface area contributed by atoms with Crippen molar-refractivity contribution in [2.45, 2.75) is 38.8 Å². The number of urea groups is 1. The zero-order chi connectivity index (χ0) is 16.5. The van der Waals surface area contributed by atoms with E-state index in [-0.39, 0.29) is 18.0 Å². The monoisotopic (exact) mass is 323 g/mol. The Morgan fingerprint density at radius 2 is 2.35 bits per heavy atom. The van der Waals surface area contributed by atoms with E-state index < -0.39 is 0 Å². The summed E-state index contributed by atoms with van der Waals surface area (Å²) in [4.78, 5) is 24.9. The number of hydrogen-bond acceptors (Lipinski definition) is 4.